The molecule has 1 aromatic carbocycles. The first-order valence-electron chi connectivity index (χ1n) is 5.48. The third kappa shape index (κ3) is 3.37. The molecule has 0 saturated carbocycles. The summed E-state index contributed by atoms with van der Waals surface area (Å²) in [7, 11) is 0. The molecule has 1 amide bonds. The number of anilines is 1. The van der Waals surface area contributed by atoms with Crippen molar-refractivity contribution in [2.45, 2.75) is 17.6 Å². The summed E-state index contributed by atoms with van der Waals surface area (Å²) in [5, 5.41) is 2.09. The number of hydrazine groups is 1. The first-order chi connectivity index (χ1) is 8.88. The van der Waals surface area contributed by atoms with Gasteiger partial charge in [-0.1, -0.05) is 0 Å². The van der Waals surface area contributed by atoms with Crippen molar-refractivity contribution in [3.63, 3.8) is 0 Å². The molecule has 1 aliphatic heterocycles. The van der Waals surface area contributed by atoms with Gasteiger partial charge in [-0.2, -0.15) is 13.2 Å². The van der Waals surface area contributed by atoms with E-state index in [9.17, 15) is 18.0 Å². The van der Waals surface area contributed by atoms with E-state index in [4.69, 9.17) is 11.6 Å². The molecule has 1 heterocycles. The summed E-state index contributed by atoms with van der Waals surface area (Å²) in [5.41, 5.74) is 4.94. The molecule has 2 rings (SSSR count). The normalized spacial score (nSPS) is 23.4. The minimum atomic E-state index is -4.39. The van der Waals surface area contributed by atoms with Gasteiger partial charge < -0.3 is 5.32 Å². The van der Waals surface area contributed by atoms with Gasteiger partial charge in [-0.05, 0) is 24.3 Å². The number of nitrogens with one attached hydrogen (secondary N) is 3. The highest BCUT2D eigenvalue weighted by atomic mass is 35.5. The van der Waals surface area contributed by atoms with Crippen LogP contribution in [-0.2, 0) is 11.0 Å². The molecule has 3 N–H and O–H groups in total. The minimum Gasteiger partial charge on any atom is -0.325 e. The highest BCUT2D eigenvalue weighted by Crippen LogP contribution is 2.29. The van der Waals surface area contributed by atoms with Crippen LogP contribution in [0.25, 0.3) is 0 Å². The number of rotatable bonds is 2. The summed E-state index contributed by atoms with van der Waals surface area (Å²) < 4.78 is 37.1. The molecule has 1 aliphatic rings. The van der Waals surface area contributed by atoms with Crippen LogP contribution in [0.2, 0.25) is 0 Å². The van der Waals surface area contributed by atoms with Crippen molar-refractivity contribution in [2.75, 3.05) is 11.9 Å². The fraction of sp³-hybridized carbons (Fsp3) is 0.364. The van der Waals surface area contributed by atoms with E-state index in [1.54, 1.807) is 0 Å². The van der Waals surface area contributed by atoms with Crippen LogP contribution in [0, 0.1) is 0 Å². The quantitative estimate of drug-likeness (QED) is 0.728. The number of halogens is 4. The summed E-state index contributed by atoms with van der Waals surface area (Å²) in [6, 6.07) is 3.60. The Kier molecular flexibility index (Phi) is 3.98. The average molecular weight is 294 g/mol. The maximum Gasteiger partial charge on any atom is 0.416 e. The molecule has 104 valence electrons. The summed E-state index contributed by atoms with van der Waals surface area (Å²) in [5.74, 6) is -0.398. The third-order valence-electron chi connectivity index (χ3n) is 2.68. The molecule has 19 heavy (non-hydrogen) atoms. The van der Waals surface area contributed by atoms with Crippen molar-refractivity contribution in [1.29, 1.82) is 0 Å². The molecule has 8 heteroatoms. The van der Waals surface area contributed by atoms with Gasteiger partial charge in [0.05, 0.1) is 10.9 Å². The summed E-state index contributed by atoms with van der Waals surface area (Å²) in [6.07, 6.45) is -4.39. The van der Waals surface area contributed by atoms with Gasteiger partial charge in [0.1, 0.15) is 6.04 Å². The molecule has 0 radical (unpaired) electrons. The third-order valence-corrected chi connectivity index (χ3v) is 3.08. The lowest BCUT2D eigenvalue weighted by molar-refractivity contribution is -0.137. The zero-order valence-electron chi connectivity index (χ0n) is 9.59. The Bertz CT molecular complexity index is 463. The number of carbonyl (C=O) groups excluding carboxylic acids is 1. The molecule has 0 bridgehead atoms. The van der Waals surface area contributed by atoms with Gasteiger partial charge >= 0.3 is 6.18 Å². The predicted molar refractivity (Wildman–Crippen MR) is 64.6 cm³/mol. The Labute approximate surface area is 112 Å². The summed E-state index contributed by atoms with van der Waals surface area (Å²) >= 11 is 5.89. The largest absolute Gasteiger partial charge is 0.416 e. The monoisotopic (exact) mass is 293 g/mol. The van der Waals surface area contributed by atoms with Gasteiger partial charge in [-0.15, -0.1) is 11.6 Å². The molecular formula is C11H11ClF3N3O. The summed E-state index contributed by atoms with van der Waals surface area (Å²) in [6.45, 7) is 0.437. The van der Waals surface area contributed by atoms with Crippen LogP contribution in [0.3, 0.4) is 0 Å². The average Bonchev–Trinajstić information content (AvgIpc) is 2.75. The van der Waals surface area contributed by atoms with Crippen molar-refractivity contribution in [3.8, 4) is 0 Å². The Morgan fingerprint density at radius 1 is 1.32 bits per heavy atom. The van der Waals surface area contributed by atoms with Gasteiger partial charge in [0, 0.05) is 12.2 Å². The van der Waals surface area contributed by atoms with Crippen LogP contribution in [0.15, 0.2) is 24.3 Å². The molecular weight excluding hydrogens is 283 g/mol. The van der Waals surface area contributed by atoms with E-state index in [1.807, 2.05) is 0 Å². The Hall–Kier alpha value is -1.31. The van der Waals surface area contributed by atoms with E-state index in [-0.39, 0.29) is 5.69 Å². The number of benzene rings is 1. The SMILES string of the molecule is O=C(Nc1ccc(C(F)(F)F)cc1)C1NNCC1Cl. The zero-order chi connectivity index (χ0) is 14.0. The van der Waals surface area contributed by atoms with E-state index < -0.39 is 29.1 Å². The predicted octanol–water partition coefficient (Wildman–Crippen LogP) is 1.73. The number of alkyl halides is 4. The standard InChI is InChI=1S/C11H11ClF3N3O/c12-8-5-16-18-9(8)10(19)17-7-3-1-6(2-4-7)11(13,14)15/h1-4,8-9,16,18H,5H2,(H,17,19). The molecule has 0 spiro atoms. The molecule has 0 aromatic heterocycles. The molecule has 4 nitrogen and oxygen atoms in total. The molecule has 2 atom stereocenters. The highest BCUT2D eigenvalue weighted by Gasteiger charge is 2.32. The van der Waals surface area contributed by atoms with Gasteiger partial charge in [0.25, 0.3) is 0 Å². The molecule has 1 fully saturated rings. The van der Waals surface area contributed by atoms with Crippen LogP contribution < -0.4 is 16.2 Å². The Morgan fingerprint density at radius 2 is 1.95 bits per heavy atom. The number of hydrogen-bond donors (Lipinski definition) is 3. The van der Waals surface area contributed by atoms with Gasteiger partial charge in [-0.25, -0.2) is 5.43 Å². The Balaban J connectivity index is 2.02. The molecule has 1 saturated heterocycles. The maximum absolute atomic E-state index is 12.4. The van der Waals surface area contributed by atoms with Crippen LogP contribution in [-0.4, -0.2) is 23.9 Å². The lowest BCUT2D eigenvalue weighted by atomic mass is 10.2. The number of hydrogen-bond acceptors (Lipinski definition) is 3. The topological polar surface area (TPSA) is 53.2 Å². The molecule has 2 unspecified atom stereocenters. The zero-order valence-corrected chi connectivity index (χ0v) is 10.3. The van der Waals surface area contributed by atoms with Crippen molar-refractivity contribution in [1.82, 2.24) is 10.9 Å². The first-order valence-corrected chi connectivity index (χ1v) is 5.92. The lowest BCUT2D eigenvalue weighted by Crippen LogP contribution is -2.42. The van der Waals surface area contributed by atoms with E-state index in [1.165, 1.54) is 12.1 Å². The first kappa shape index (κ1) is 14.1. The maximum atomic E-state index is 12.4. The number of amides is 1. The van der Waals surface area contributed by atoms with Crippen LogP contribution in [0.4, 0.5) is 18.9 Å². The number of carbonyl (C=O) groups is 1. The van der Waals surface area contributed by atoms with E-state index in [2.05, 4.69) is 16.2 Å². The molecule has 0 aliphatic carbocycles. The Morgan fingerprint density at radius 3 is 2.42 bits per heavy atom. The van der Waals surface area contributed by atoms with Crippen LogP contribution in [0.5, 0.6) is 0 Å². The van der Waals surface area contributed by atoms with Gasteiger partial charge in [-0.3, -0.25) is 10.2 Å². The van der Waals surface area contributed by atoms with Crippen LogP contribution >= 0.6 is 11.6 Å². The highest BCUT2D eigenvalue weighted by molar-refractivity contribution is 6.23. The van der Waals surface area contributed by atoms with E-state index in [0.717, 1.165) is 12.1 Å². The second kappa shape index (κ2) is 5.36. The van der Waals surface area contributed by atoms with Crippen molar-refractivity contribution >= 4 is 23.2 Å². The fourth-order valence-corrected chi connectivity index (χ4v) is 1.92. The van der Waals surface area contributed by atoms with Gasteiger partial charge in [0.2, 0.25) is 5.91 Å². The minimum absolute atomic E-state index is 0.288. The van der Waals surface area contributed by atoms with Crippen LogP contribution in [0.1, 0.15) is 5.56 Å². The smallest absolute Gasteiger partial charge is 0.325 e. The summed E-state index contributed by atoms with van der Waals surface area (Å²) in [4.78, 5) is 11.8. The lowest BCUT2D eigenvalue weighted by Gasteiger charge is -2.14. The van der Waals surface area contributed by atoms with E-state index in [0.29, 0.717) is 6.54 Å². The van der Waals surface area contributed by atoms with Gasteiger partial charge in [0.15, 0.2) is 0 Å². The van der Waals surface area contributed by atoms with E-state index >= 15 is 0 Å². The van der Waals surface area contributed by atoms with Crippen molar-refractivity contribution < 1.29 is 18.0 Å². The fourth-order valence-electron chi connectivity index (χ4n) is 1.67. The molecule has 1 aromatic rings. The second-order valence-corrected chi connectivity index (χ2v) is 4.64. The second-order valence-electron chi connectivity index (χ2n) is 4.08. The van der Waals surface area contributed by atoms with Crippen molar-refractivity contribution in [2.24, 2.45) is 0 Å². The van der Waals surface area contributed by atoms with Crippen molar-refractivity contribution in [3.05, 3.63) is 29.8 Å².